The zero-order valence-corrected chi connectivity index (χ0v) is 23.9. The van der Waals surface area contributed by atoms with Crippen LogP contribution >= 0.6 is 0 Å². The minimum absolute atomic E-state index is 0.106. The summed E-state index contributed by atoms with van der Waals surface area (Å²) in [6, 6.07) is 0.106. The molecule has 4 atom stereocenters. The molecule has 4 aliphatic rings. The molecule has 2 aromatic rings. The van der Waals surface area contributed by atoms with Crippen LogP contribution in [-0.2, 0) is 20.7 Å². The van der Waals surface area contributed by atoms with Crippen LogP contribution in [0.3, 0.4) is 0 Å². The second-order valence-electron chi connectivity index (χ2n) is 11.4. The van der Waals surface area contributed by atoms with Crippen molar-refractivity contribution in [3.8, 4) is 0 Å². The number of piperidine rings is 1. The van der Waals surface area contributed by atoms with Gasteiger partial charge < -0.3 is 35.6 Å². The minimum Gasteiger partial charge on any atom is -0.449 e. The maximum absolute atomic E-state index is 12.5. The van der Waals surface area contributed by atoms with Crippen LogP contribution in [0.15, 0.2) is 6.33 Å². The smallest absolute Gasteiger partial charge is 0.409 e. The van der Waals surface area contributed by atoms with E-state index in [2.05, 4.69) is 20.3 Å². The molecule has 0 bridgehead atoms. The number of likely N-dealkylation sites (tertiary alicyclic amines) is 1. The first kappa shape index (κ1) is 29.5. The molecule has 0 spiro atoms. The molecule has 2 amide bonds. The number of hydrogen-bond donors (Lipinski definition) is 4. The van der Waals surface area contributed by atoms with Gasteiger partial charge in [-0.2, -0.15) is 0 Å². The molecule has 2 aromatic heterocycles. The highest BCUT2D eigenvalue weighted by Gasteiger charge is 2.48. The number of nitrogens with one attached hydrogen (secondary N) is 1. The highest BCUT2D eigenvalue weighted by Crippen LogP contribution is 2.33. The Balaban J connectivity index is 0.00000165. The molecule has 2 saturated carbocycles. The third-order valence-electron chi connectivity index (χ3n) is 8.21. The van der Waals surface area contributed by atoms with Gasteiger partial charge in [-0.3, -0.25) is 9.36 Å². The number of amides is 2. The van der Waals surface area contributed by atoms with E-state index in [1.165, 1.54) is 23.7 Å². The number of nitrogens with two attached hydrogens (primary N) is 1. The number of carbonyl (C=O) groups excluding carboxylic acids is 2. The number of ether oxygens (including phenoxy) is 2. The molecule has 4 heterocycles. The molecule has 13 nitrogen and oxygen atoms in total. The Labute approximate surface area is 239 Å². The first-order chi connectivity index (χ1) is 19.9. The SMILES string of the molecule is CC.Nc1nc(CCCC2CCN(C(=O)OCC3CC3)CC2)nc2c1ncn2[C@@H]1O[C@H](C(=O)NC2CC2)[C@H](O)C1O. The van der Waals surface area contributed by atoms with Gasteiger partial charge in [-0.05, 0) is 63.2 Å². The van der Waals surface area contributed by atoms with Gasteiger partial charge in [0.25, 0.3) is 5.91 Å². The fraction of sp³-hybridized carbons (Fsp3) is 0.750. The number of aliphatic hydroxyl groups is 2. The van der Waals surface area contributed by atoms with Gasteiger partial charge in [0.2, 0.25) is 0 Å². The van der Waals surface area contributed by atoms with Crippen molar-refractivity contribution < 1.29 is 29.3 Å². The number of hydrogen-bond acceptors (Lipinski definition) is 10. The number of aryl methyl sites for hydroxylation is 1. The van der Waals surface area contributed by atoms with Crippen molar-refractivity contribution in [3.63, 3.8) is 0 Å². The van der Waals surface area contributed by atoms with Crippen LogP contribution in [0.25, 0.3) is 11.2 Å². The second kappa shape index (κ2) is 12.9. The number of nitrogens with zero attached hydrogens (tertiary/aromatic N) is 5. The average Bonchev–Trinajstić information content (AvgIpc) is 3.91. The molecule has 1 unspecified atom stereocenters. The van der Waals surface area contributed by atoms with Crippen molar-refractivity contribution in [2.75, 3.05) is 25.4 Å². The second-order valence-corrected chi connectivity index (χ2v) is 11.4. The maximum atomic E-state index is 12.5. The number of carbonyl (C=O) groups is 2. The van der Waals surface area contributed by atoms with E-state index in [1.807, 2.05) is 18.7 Å². The fourth-order valence-corrected chi connectivity index (χ4v) is 5.42. The first-order valence-electron chi connectivity index (χ1n) is 15.1. The van der Waals surface area contributed by atoms with Crippen LogP contribution in [0.2, 0.25) is 0 Å². The number of aliphatic hydroxyl groups excluding tert-OH is 2. The summed E-state index contributed by atoms with van der Waals surface area (Å²) in [5.74, 6) is 1.43. The van der Waals surface area contributed by atoms with E-state index in [0.29, 0.717) is 41.9 Å². The standard InChI is InChI=1S/C26H37N7O6.C2H6/c27-22-18-23(33(13-28-18)25-20(35)19(34)21(39-25)24(36)29-16-6-7-16)31-17(30-22)3-1-2-14-8-10-32(11-9-14)26(37)38-12-15-4-5-15;1-2/h13-16,19-21,25,34-35H,1-12H2,(H,29,36)(H2,27,30,31);1-2H3/t19-,20?,21+,25-;/m1./s1. The van der Waals surface area contributed by atoms with Crippen LogP contribution in [0.4, 0.5) is 10.6 Å². The summed E-state index contributed by atoms with van der Waals surface area (Å²) in [6.07, 6.45) is 4.79. The van der Waals surface area contributed by atoms with Gasteiger partial charge >= 0.3 is 6.09 Å². The Morgan fingerprint density at radius 2 is 1.80 bits per heavy atom. The molecule has 2 aliphatic carbocycles. The number of anilines is 1. The van der Waals surface area contributed by atoms with Gasteiger partial charge in [0.05, 0.1) is 12.9 Å². The molecule has 0 aromatic carbocycles. The third kappa shape index (κ3) is 6.90. The lowest BCUT2D eigenvalue weighted by Gasteiger charge is -2.31. The van der Waals surface area contributed by atoms with Crippen LogP contribution in [0, 0.1) is 11.8 Å². The number of imidazole rings is 1. The van der Waals surface area contributed by atoms with Gasteiger partial charge in [0, 0.05) is 25.6 Å². The van der Waals surface area contributed by atoms with E-state index in [4.69, 9.17) is 15.2 Å². The highest BCUT2D eigenvalue weighted by molar-refractivity contribution is 5.83. The largest absolute Gasteiger partial charge is 0.449 e. The van der Waals surface area contributed by atoms with E-state index in [-0.39, 0.29) is 18.0 Å². The predicted molar refractivity (Wildman–Crippen MR) is 149 cm³/mol. The number of nitrogen functional groups attached to an aromatic ring is 1. The number of fused-ring (bicyclic) bond motifs is 1. The van der Waals surface area contributed by atoms with E-state index < -0.39 is 30.4 Å². The van der Waals surface area contributed by atoms with Crippen molar-refractivity contribution in [2.45, 2.75) is 102 Å². The van der Waals surface area contributed by atoms with E-state index in [0.717, 1.165) is 51.6 Å². The van der Waals surface area contributed by atoms with E-state index in [9.17, 15) is 19.8 Å². The Morgan fingerprint density at radius 1 is 1.07 bits per heavy atom. The average molecular weight is 574 g/mol. The van der Waals surface area contributed by atoms with Crippen molar-refractivity contribution in [1.29, 1.82) is 0 Å². The number of aromatic nitrogens is 4. The molecule has 6 rings (SSSR count). The topological polar surface area (TPSA) is 178 Å². The molecule has 0 radical (unpaired) electrons. The van der Waals surface area contributed by atoms with Crippen LogP contribution < -0.4 is 11.1 Å². The highest BCUT2D eigenvalue weighted by atomic mass is 16.6. The van der Waals surface area contributed by atoms with Gasteiger partial charge in [0.15, 0.2) is 23.8 Å². The first-order valence-corrected chi connectivity index (χ1v) is 15.1. The van der Waals surface area contributed by atoms with Crippen LogP contribution in [-0.4, -0.2) is 90.7 Å². The summed E-state index contributed by atoms with van der Waals surface area (Å²) >= 11 is 0. The Hall–Kier alpha value is -3.03. The van der Waals surface area contributed by atoms with E-state index in [1.54, 1.807) is 0 Å². The monoisotopic (exact) mass is 573 g/mol. The lowest BCUT2D eigenvalue weighted by Crippen LogP contribution is -2.43. The van der Waals surface area contributed by atoms with Crippen molar-refractivity contribution >= 4 is 29.0 Å². The molecule has 13 heteroatoms. The molecule has 5 N–H and O–H groups in total. The summed E-state index contributed by atoms with van der Waals surface area (Å²) in [5.41, 5.74) is 6.94. The Kier molecular flexibility index (Phi) is 9.25. The quantitative estimate of drug-likeness (QED) is 0.346. The maximum Gasteiger partial charge on any atom is 0.409 e. The summed E-state index contributed by atoms with van der Waals surface area (Å²) < 4.78 is 12.7. The zero-order chi connectivity index (χ0) is 29.1. The minimum atomic E-state index is -1.38. The Bertz CT molecular complexity index is 1210. The lowest BCUT2D eigenvalue weighted by molar-refractivity contribution is -0.137. The molecule has 2 aliphatic heterocycles. The van der Waals surface area contributed by atoms with Crippen molar-refractivity contribution in [1.82, 2.24) is 29.7 Å². The van der Waals surface area contributed by atoms with Gasteiger partial charge in [-0.1, -0.05) is 13.8 Å². The summed E-state index contributed by atoms with van der Waals surface area (Å²) in [7, 11) is 0. The van der Waals surface area contributed by atoms with Gasteiger partial charge in [-0.25, -0.2) is 19.7 Å². The van der Waals surface area contributed by atoms with Crippen LogP contribution in [0.1, 0.15) is 77.3 Å². The molecule has 2 saturated heterocycles. The van der Waals surface area contributed by atoms with E-state index >= 15 is 0 Å². The molecule has 4 fully saturated rings. The zero-order valence-electron chi connectivity index (χ0n) is 23.9. The molecular weight excluding hydrogens is 530 g/mol. The Morgan fingerprint density at radius 3 is 2.49 bits per heavy atom. The third-order valence-corrected chi connectivity index (χ3v) is 8.21. The van der Waals surface area contributed by atoms with Gasteiger partial charge in [-0.15, -0.1) is 0 Å². The van der Waals surface area contributed by atoms with Gasteiger partial charge in [0.1, 0.15) is 23.5 Å². The number of rotatable bonds is 9. The van der Waals surface area contributed by atoms with Crippen LogP contribution in [0.5, 0.6) is 0 Å². The van der Waals surface area contributed by atoms with Crippen molar-refractivity contribution in [2.24, 2.45) is 11.8 Å². The summed E-state index contributed by atoms with van der Waals surface area (Å²) in [5, 5.41) is 24.0. The predicted octanol–water partition coefficient (Wildman–Crippen LogP) is 1.91. The van der Waals surface area contributed by atoms with Crippen molar-refractivity contribution in [3.05, 3.63) is 12.2 Å². The summed E-state index contributed by atoms with van der Waals surface area (Å²) in [4.78, 5) is 39.9. The lowest BCUT2D eigenvalue weighted by atomic mass is 9.91. The summed E-state index contributed by atoms with van der Waals surface area (Å²) in [6.45, 7) is 5.99. The molecular formula is C28H43N7O6. The normalized spacial score (nSPS) is 26.5. The molecule has 226 valence electrons. The molecule has 41 heavy (non-hydrogen) atoms. The fourth-order valence-electron chi connectivity index (χ4n) is 5.42.